The Morgan fingerprint density at radius 2 is 1.09 bits per heavy atom. The summed E-state index contributed by atoms with van der Waals surface area (Å²) >= 11 is 0. The molecule has 0 radical (unpaired) electrons. The fraction of sp³-hybridized carbons (Fsp3) is 0.350. The molecule has 0 fully saturated rings. The maximum absolute atomic E-state index is 10.3. The van der Waals surface area contributed by atoms with E-state index < -0.39 is 0 Å². The van der Waals surface area contributed by atoms with Crippen molar-refractivity contribution < 1.29 is 5.11 Å². The number of nitrogens with zero attached hydrogens (tertiary/aromatic N) is 2. The summed E-state index contributed by atoms with van der Waals surface area (Å²) in [6.45, 7) is 17.8. The molecule has 232 valence electrons. The molecule has 5 heterocycles. The molecule has 1 aromatic carbocycles. The summed E-state index contributed by atoms with van der Waals surface area (Å²) in [5.41, 5.74) is 21.8. The predicted molar refractivity (Wildman–Crippen MR) is 191 cm³/mol. The van der Waals surface area contributed by atoms with Gasteiger partial charge >= 0.3 is 0 Å². The number of hydrogen-bond donors (Lipinski definition) is 3. The first kappa shape index (κ1) is 30.8. The monoisotopic (exact) mass is 598 g/mol. The minimum absolute atomic E-state index is 0.0492. The molecule has 0 atom stereocenters. The first-order valence-corrected chi connectivity index (χ1v) is 16.6. The van der Waals surface area contributed by atoms with Gasteiger partial charge in [0.15, 0.2) is 0 Å². The minimum Gasteiger partial charge on any atom is -0.396 e. The highest BCUT2D eigenvalue weighted by molar-refractivity contribution is 6.00. The van der Waals surface area contributed by atoms with E-state index >= 15 is 0 Å². The Bertz CT molecular complexity index is 1910. The van der Waals surface area contributed by atoms with E-state index in [0.29, 0.717) is 6.42 Å². The highest BCUT2D eigenvalue weighted by Crippen LogP contribution is 2.41. The molecule has 0 unspecified atom stereocenters. The number of nitrogens with one attached hydrogen (secondary N) is 2. The number of aliphatic hydroxyl groups is 1. The number of aromatic amines is 2. The van der Waals surface area contributed by atoms with Gasteiger partial charge in [-0.25, -0.2) is 9.97 Å². The molecule has 0 saturated carbocycles. The van der Waals surface area contributed by atoms with Gasteiger partial charge in [0.05, 0.1) is 33.8 Å². The lowest BCUT2D eigenvalue weighted by molar-refractivity contribution is 0.299. The summed E-state index contributed by atoms with van der Waals surface area (Å²) < 4.78 is 0. The number of allylic oxidation sites excluding steroid dienone is 4. The number of H-pyrrole nitrogens is 2. The minimum atomic E-state index is 0.0492. The summed E-state index contributed by atoms with van der Waals surface area (Å²) in [7, 11) is 0. The fourth-order valence-corrected chi connectivity index (χ4v) is 7.51. The summed E-state index contributed by atoms with van der Waals surface area (Å²) in [4.78, 5) is 18.5. The zero-order chi connectivity index (χ0) is 32.0. The van der Waals surface area contributed by atoms with E-state index in [1.807, 2.05) is 0 Å². The number of rotatable bonds is 7. The smallest absolute Gasteiger partial charge is 0.0726 e. The van der Waals surface area contributed by atoms with Gasteiger partial charge in [0, 0.05) is 28.8 Å². The quantitative estimate of drug-likeness (QED) is 0.198. The van der Waals surface area contributed by atoms with Crippen molar-refractivity contribution >= 4 is 44.4 Å². The van der Waals surface area contributed by atoms with Gasteiger partial charge in [-0.2, -0.15) is 0 Å². The fourth-order valence-electron chi connectivity index (χ4n) is 7.51. The van der Waals surface area contributed by atoms with Gasteiger partial charge in [0.25, 0.3) is 0 Å². The Labute approximate surface area is 267 Å². The Hall–Kier alpha value is -4.22. The molecule has 3 N–H and O–H groups in total. The average Bonchev–Trinajstić information content (AvgIpc) is 3.73. The van der Waals surface area contributed by atoms with Crippen LogP contribution in [0.4, 0.5) is 0 Å². The van der Waals surface area contributed by atoms with Crippen LogP contribution in [-0.4, -0.2) is 31.6 Å². The van der Waals surface area contributed by atoms with Gasteiger partial charge in [0.2, 0.25) is 0 Å². The van der Waals surface area contributed by atoms with Crippen molar-refractivity contribution in [3.8, 4) is 11.1 Å². The molecule has 3 aromatic heterocycles. The largest absolute Gasteiger partial charge is 0.396 e. The van der Waals surface area contributed by atoms with Gasteiger partial charge in [0.1, 0.15) is 0 Å². The third-order valence-electron chi connectivity index (χ3n) is 10.0. The van der Waals surface area contributed by atoms with Crippen molar-refractivity contribution in [3.63, 3.8) is 0 Å². The number of aromatic nitrogens is 4. The van der Waals surface area contributed by atoms with Gasteiger partial charge in [-0.1, -0.05) is 58.0 Å². The van der Waals surface area contributed by atoms with Crippen LogP contribution in [0.2, 0.25) is 0 Å². The number of hydrogen-bond acceptors (Lipinski definition) is 3. The van der Waals surface area contributed by atoms with Crippen LogP contribution in [0, 0.1) is 13.8 Å². The molecule has 5 nitrogen and oxygen atoms in total. The van der Waals surface area contributed by atoms with Crippen molar-refractivity contribution in [1.82, 2.24) is 19.9 Å². The van der Waals surface area contributed by atoms with Crippen LogP contribution in [0.5, 0.6) is 0 Å². The van der Waals surface area contributed by atoms with Crippen LogP contribution in [0.1, 0.15) is 105 Å². The summed E-state index contributed by atoms with van der Waals surface area (Å²) in [6, 6.07) is 15.2. The number of fused-ring (bicyclic) bond motifs is 8. The molecule has 0 saturated heterocycles. The highest BCUT2D eigenvalue weighted by Gasteiger charge is 2.26. The third kappa shape index (κ3) is 4.98. The molecule has 0 amide bonds. The number of aliphatic hydroxyl groups excluding tert-OH is 1. The van der Waals surface area contributed by atoms with E-state index in [1.54, 1.807) is 0 Å². The van der Waals surface area contributed by atoms with Crippen LogP contribution in [-0.2, 0) is 19.3 Å². The molecule has 0 spiro atoms. The van der Waals surface area contributed by atoms with Gasteiger partial charge in [-0.15, -0.1) is 0 Å². The molecular weight excluding hydrogens is 552 g/mol. The Kier molecular flexibility index (Phi) is 8.41. The van der Waals surface area contributed by atoms with Crippen molar-refractivity contribution in [2.24, 2.45) is 0 Å². The van der Waals surface area contributed by atoms with E-state index in [2.05, 4.69) is 108 Å². The lowest BCUT2D eigenvalue weighted by atomic mass is 9.94. The maximum Gasteiger partial charge on any atom is 0.0726 e. The molecule has 8 bridgehead atoms. The second-order valence-electron chi connectivity index (χ2n) is 12.3. The van der Waals surface area contributed by atoms with Crippen LogP contribution >= 0.6 is 0 Å². The Balaban J connectivity index is 1.92. The summed E-state index contributed by atoms with van der Waals surface area (Å²) in [6.07, 6.45) is 4.06. The Morgan fingerprint density at radius 1 is 0.622 bits per heavy atom. The van der Waals surface area contributed by atoms with Gasteiger partial charge in [-0.05, 0) is 122 Å². The van der Waals surface area contributed by atoms with Crippen LogP contribution in [0.15, 0.2) is 42.5 Å². The summed E-state index contributed by atoms with van der Waals surface area (Å²) in [5.74, 6) is 0. The van der Waals surface area contributed by atoms with E-state index in [9.17, 15) is 5.11 Å². The van der Waals surface area contributed by atoms with Crippen molar-refractivity contribution in [1.29, 1.82) is 0 Å². The molecule has 0 aliphatic carbocycles. The first-order valence-electron chi connectivity index (χ1n) is 16.6. The average molecular weight is 599 g/mol. The first-order chi connectivity index (χ1) is 21.8. The number of benzene rings is 1. The molecule has 2 aliphatic rings. The normalized spacial score (nSPS) is 13.4. The van der Waals surface area contributed by atoms with Crippen molar-refractivity contribution in [2.75, 3.05) is 6.61 Å². The summed E-state index contributed by atoms with van der Waals surface area (Å²) in [5, 5.41) is 10.3. The highest BCUT2D eigenvalue weighted by atomic mass is 16.3. The maximum atomic E-state index is 10.3. The van der Waals surface area contributed by atoms with Gasteiger partial charge < -0.3 is 15.1 Å². The molecule has 2 aliphatic heterocycles. The van der Waals surface area contributed by atoms with Gasteiger partial charge in [-0.3, -0.25) is 0 Å². The van der Waals surface area contributed by atoms with Crippen LogP contribution in [0.25, 0.3) is 55.5 Å². The third-order valence-corrected chi connectivity index (χ3v) is 10.0. The zero-order valence-corrected chi connectivity index (χ0v) is 28.1. The zero-order valence-electron chi connectivity index (χ0n) is 28.1. The molecule has 4 aromatic rings. The Morgan fingerprint density at radius 3 is 1.49 bits per heavy atom. The molecule has 45 heavy (non-hydrogen) atoms. The predicted octanol–water partition coefficient (Wildman–Crippen LogP) is 9.94. The van der Waals surface area contributed by atoms with Crippen molar-refractivity contribution in [2.45, 2.75) is 87.5 Å². The van der Waals surface area contributed by atoms with E-state index in [4.69, 9.17) is 9.97 Å². The van der Waals surface area contributed by atoms with E-state index in [1.165, 1.54) is 55.7 Å². The second-order valence-corrected chi connectivity index (χ2v) is 12.3. The number of aryl methyl sites for hydroxylation is 4. The molecule has 6 rings (SSSR count). The lowest BCUT2D eigenvalue weighted by Crippen LogP contribution is -2.02. The van der Waals surface area contributed by atoms with Crippen LogP contribution in [0.3, 0.4) is 0 Å². The topological polar surface area (TPSA) is 77.6 Å². The van der Waals surface area contributed by atoms with Crippen molar-refractivity contribution in [3.05, 3.63) is 93.1 Å². The lowest BCUT2D eigenvalue weighted by Gasteiger charge is -2.10. The molecular formula is C40H46N4O. The molecule has 5 heteroatoms. The van der Waals surface area contributed by atoms with Crippen LogP contribution < -0.4 is 0 Å². The second kappa shape index (κ2) is 12.3. The standard InChI is InChI=1S/C40H46N4O/c1-9-27-22(5)32-20-34-24(7)29(11-3)39(43-34)36(26-16-14-13-15-17-26)40-30(12-4)25(8)35(44-40)21-33-23(6)28(10-2)38(42-33)31(18-19-45)37(27)41-32/h13-17,20-21,43-45H,9-12,18-19H2,1-8H3. The van der Waals surface area contributed by atoms with E-state index in [0.717, 1.165) is 76.1 Å². The van der Waals surface area contributed by atoms with E-state index in [-0.39, 0.29) is 6.61 Å². The SMILES string of the molecule is CCC1=C(C)c2cc3[nH]c(c(CC)c3C)c(-c3ccccc3)c3[nH]c(cc4nc(c(CCO)c1n2)C(CC)=C4C)c(C)c3CC.